The number of nitrogens with one attached hydrogen (secondary N) is 1. The van der Waals surface area contributed by atoms with Crippen molar-refractivity contribution < 1.29 is 0 Å². The zero-order valence-corrected chi connectivity index (χ0v) is 13.5. The van der Waals surface area contributed by atoms with Gasteiger partial charge in [0.25, 0.3) is 0 Å². The Balaban J connectivity index is 2.05. The fourth-order valence-electron chi connectivity index (χ4n) is 2.18. The van der Waals surface area contributed by atoms with E-state index in [1.54, 1.807) is 0 Å². The maximum absolute atomic E-state index is 9.04. The van der Waals surface area contributed by atoms with E-state index in [0.29, 0.717) is 5.69 Å². The van der Waals surface area contributed by atoms with Gasteiger partial charge < -0.3 is 9.88 Å². The van der Waals surface area contributed by atoms with Gasteiger partial charge in [0.05, 0.1) is 0 Å². The van der Waals surface area contributed by atoms with Crippen molar-refractivity contribution in [3.63, 3.8) is 0 Å². The van der Waals surface area contributed by atoms with Crippen LogP contribution in [0.25, 0.3) is 0 Å². The lowest BCUT2D eigenvalue weighted by Gasteiger charge is -2.14. The zero-order chi connectivity index (χ0) is 14.7. The molecule has 20 heavy (non-hydrogen) atoms. The Bertz CT molecular complexity index is 635. The highest BCUT2D eigenvalue weighted by Gasteiger charge is 2.10. The molecule has 0 radical (unpaired) electrons. The quantitative estimate of drug-likeness (QED) is 0.925. The van der Waals surface area contributed by atoms with Crippen LogP contribution in [0.5, 0.6) is 0 Å². The molecule has 0 bridgehead atoms. The van der Waals surface area contributed by atoms with Crippen LogP contribution in [0.1, 0.15) is 35.5 Å². The second kappa shape index (κ2) is 6.25. The Morgan fingerprint density at radius 3 is 2.55 bits per heavy atom. The molecule has 2 aromatic rings. The largest absolute Gasteiger partial charge is 0.340 e. The lowest BCUT2D eigenvalue weighted by molar-refractivity contribution is 0.572. The summed E-state index contributed by atoms with van der Waals surface area (Å²) in [6.07, 6.45) is 0. The van der Waals surface area contributed by atoms with Gasteiger partial charge in [-0.05, 0) is 43.2 Å². The topological polar surface area (TPSA) is 40.8 Å². The van der Waals surface area contributed by atoms with Crippen molar-refractivity contribution >= 4 is 15.9 Å². The fraction of sp³-hybridized carbons (Fsp3) is 0.312. The Morgan fingerprint density at radius 2 is 2.00 bits per heavy atom. The molecule has 1 atom stereocenters. The van der Waals surface area contributed by atoms with Crippen LogP contribution in [0.3, 0.4) is 0 Å². The first-order valence-electron chi connectivity index (χ1n) is 6.57. The summed E-state index contributed by atoms with van der Waals surface area (Å²) >= 11 is 3.44. The highest BCUT2D eigenvalue weighted by Crippen LogP contribution is 2.18. The highest BCUT2D eigenvalue weighted by atomic mass is 79.9. The lowest BCUT2D eigenvalue weighted by atomic mass is 10.1. The summed E-state index contributed by atoms with van der Waals surface area (Å²) in [5.74, 6) is 0. The molecule has 0 amide bonds. The van der Waals surface area contributed by atoms with Crippen molar-refractivity contribution in [1.82, 2.24) is 9.88 Å². The second-order valence-corrected chi connectivity index (χ2v) is 5.88. The van der Waals surface area contributed by atoms with Crippen molar-refractivity contribution in [3.05, 3.63) is 57.3 Å². The minimum Gasteiger partial charge on any atom is -0.340 e. The number of rotatable bonds is 4. The van der Waals surface area contributed by atoms with Gasteiger partial charge in [-0.25, -0.2) is 0 Å². The Labute approximate surface area is 128 Å². The maximum atomic E-state index is 9.04. The van der Waals surface area contributed by atoms with Crippen LogP contribution >= 0.6 is 15.9 Å². The fourth-order valence-corrected chi connectivity index (χ4v) is 2.45. The number of hydrogen-bond acceptors (Lipinski definition) is 2. The van der Waals surface area contributed by atoms with Crippen molar-refractivity contribution in [2.24, 2.45) is 7.05 Å². The molecule has 0 saturated carbocycles. The Kier molecular flexibility index (Phi) is 4.64. The van der Waals surface area contributed by atoms with Gasteiger partial charge in [0.15, 0.2) is 0 Å². The molecule has 0 unspecified atom stereocenters. The Hall–Kier alpha value is -1.57. The molecule has 4 heteroatoms. The minimum atomic E-state index is 0.272. The first-order valence-corrected chi connectivity index (χ1v) is 7.36. The number of nitrogens with zero attached hydrogens (tertiary/aromatic N) is 2. The SMILES string of the molecule is Cc1c(CN[C@@H](C)c2ccc(Br)cc2)cc(C#N)n1C. The van der Waals surface area contributed by atoms with Crippen LogP contribution in [-0.4, -0.2) is 4.57 Å². The molecule has 1 aromatic carbocycles. The molecule has 1 N–H and O–H groups in total. The molecule has 0 spiro atoms. The average Bonchev–Trinajstić information content (AvgIpc) is 2.73. The number of hydrogen-bond donors (Lipinski definition) is 1. The van der Waals surface area contributed by atoms with E-state index in [2.05, 4.69) is 58.5 Å². The van der Waals surface area contributed by atoms with Gasteiger partial charge in [0.1, 0.15) is 11.8 Å². The third-order valence-corrected chi connectivity index (χ3v) is 4.25. The standard InChI is InChI=1S/C16H18BrN3/c1-11(13-4-6-15(17)7-5-13)19-10-14-8-16(9-18)20(3)12(14)2/h4-8,11,19H,10H2,1-3H3/t11-/m0/s1. The van der Waals surface area contributed by atoms with E-state index >= 15 is 0 Å². The summed E-state index contributed by atoms with van der Waals surface area (Å²) in [4.78, 5) is 0. The van der Waals surface area contributed by atoms with Crippen LogP contribution in [0.2, 0.25) is 0 Å². The number of halogens is 1. The van der Waals surface area contributed by atoms with Gasteiger partial charge in [0.2, 0.25) is 0 Å². The number of benzene rings is 1. The molecule has 0 aliphatic carbocycles. The molecule has 0 fully saturated rings. The monoisotopic (exact) mass is 331 g/mol. The first-order chi connectivity index (χ1) is 9.52. The van der Waals surface area contributed by atoms with Crippen LogP contribution in [0, 0.1) is 18.3 Å². The Morgan fingerprint density at radius 1 is 1.35 bits per heavy atom. The summed E-state index contributed by atoms with van der Waals surface area (Å²) < 4.78 is 3.02. The van der Waals surface area contributed by atoms with Crippen LogP contribution in [-0.2, 0) is 13.6 Å². The minimum absolute atomic E-state index is 0.272. The summed E-state index contributed by atoms with van der Waals surface area (Å²) in [5.41, 5.74) is 4.27. The summed E-state index contributed by atoms with van der Waals surface area (Å²) in [6.45, 7) is 4.95. The van der Waals surface area contributed by atoms with E-state index in [9.17, 15) is 0 Å². The molecule has 1 aromatic heterocycles. The molecular formula is C16H18BrN3. The van der Waals surface area contributed by atoms with E-state index in [-0.39, 0.29) is 6.04 Å². The van der Waals surface area contributed by atoms with Gasteiger partial charge >= 0.3 is 0 Å². The second-order valence-electron chi connectivity index (χ2n) is 4.97. The molecular weight excluding hydrogens is 314 g/mol. The van der Waals surface area contributed by atoms with E-state index < -0.39 is 0 Å². The summed E-state index contributed by atoms with van der Waals surface area (Å²) in [5, 5.41) is 12.5. The van der Waals surface area contributed by atoms with E-state index in [1.807, 2.05) is 24.6 Å². The van der Waals surface area contributed by atoms with Gasteiger partial charge in [-0.15, -0.1) is 0 Å². The number of nitriles is 1. The van der Waals surface area contributed by atoms with E-state index in [0.717, 1.165) is 16.7 Å². The predicted octanol–water partition coefficient (Wildman–Crippen LogP) is 3.82. The van der Waals surface area contributed by atoms with Crippen LogP contribution < -0.4 is 5.32 Å². The lowest BCUT2D eigenvalue weighted by Crippen LogP contribution is -2.18. The van der Waals surface area contributed by atoms with Gasteiger partial charge in [-0.1, -0.05) is 28.1 Å². The highest BCUT2D eigenvalue weighted by molar-refractivity contribution is 9.10. The van der Waals surface area contributed by atoms with E-state index in [1.165, 1.54) is 11.1 Å². The number of aromatic nitrogens is 1. The molecule has 3 nitrogen and oxygen atoms in total. The first kappa shape index (κ1) is 14.8. The predicted molar refractivity (Wildman–Crippen MR) is 84.3 cm³/mol. The van der Waals surface area contributed by atoms with Gasteiger partial charge in [0, 0.05) is 29.8 Å². The summed E-state index contributed by atoms with van der Waals surface area (Å²) in [6, 6.07) is 12.8. The average molecular weight is 332 g/mol. The van der Waals surface area contributed by atoms with Crippen molar-refractivity contribution in [3.8, 4) is 6.07 Å². The molecule has 104 valence electrons. The van der Waals surface area contributed by atoms with Crippen molar-refractivity contribution in [1.29, 1.82) is 5.26 Å². The van der Waals surface area contributed by atoms with Crippen LogP contribution in [0.4, 0.5) is 0 Å². The van der Waals surface area contributed by atoms with Gasteiger partial charge in [-0.3, -0.25) is 0 Å². The molecule has 0 aliphatic heterocycles. The van der Waals surface area contributed by atoms with E-state index in [4.69, 9.17) is 5.26 Å². The van der Waals surface area contributed by atoms with Crippen molar-refractivity contribution in [2.45, 2.75) is 26.4 Å². The molecule has 0 aliphatic rings. The molecule has 2 rings (SSSR count). The van der Waals surface area contributed by atoms with Crippen molar-refractivity contribution in [2.75, 3.05) is 0 Å². The third-order valence-electron chi connectivity index (χ3n) is 3.72. The smallest absolute Gasteiger partial charge is 0.120 e. The maximum Gasteiger partial charge on any atom is 0.120 e. The molecule has 0 saturated heterocycles. The van der Waals surface area contributed by atoms with Gasteiger partial charge in [-0.2, -0.15) is 5.26 Å². The third kappa shape index (κ3) is 3.12. The normalized spacial score (nSPS) is 12.2. The zero-order valence-electron chi connectivity index (χ0n) is 11.9. The van der Waals surface area contributed by atoms with Crippen LogP contribution in [0.15, 0.2) is 34.8 Å². The summed E-state index contributed by atoms with van der Waals surface area (Å²) in [7, 11) is 1.93. The molecule has 1 heterocycles.